The van der Waals surface area contributed by atoms with Crippen molar-refractivity contribution in [3.63, 3.8) is 0 Å². The number of hydrogen-bond acceptors (Lipinski definition) is 7. The highest BCUT2D eigenvalue weighted by atomic mass is 35.5. The van der Waals surface area contributed by atoms with E-state index >= 15 is 0 Å². The number of nitrogens with one attached hydrogen (secondary N) is 1. The Morgan fingerprint density at radius 1 is 1.31 bits per heavy atom. The van der Waals surface area contributed by atoms with Gasteiger partial charge in [0.1, 0.15) is 5.02 Å². The van der Waals surface area contributed by atoms with Crippen LogP contribution in [-0.4, -0.2) is 48.4 Å². The minimum absolute atomic E-state index is 0.00311. The van der Waals surface area contributed by atoms with E-state index in [4.69, 9.17) is 16.3 Å². The Hall–Kier alpha value is -2.68. The SMILES string of the molecule is COC(=O)c1ccccc1-n1ncc(NC[C@@H](c2cccs2)N(C)C)c(Cl)c1=O. The van der Waals surface area contributed by atoms with E-state index in [2.05, 4.69) is 21.4 Å². The number of thiophene rings is 1. The summed E-state index contributed by atoms with van der Waals surface area (Å²) in [6.07, 6.45) is 1.49. The van der Waals surface area contributed by atoms with Gasteiger partial charge in [0.25, 0.3) is 5.56 Å². The Bertz CT molecular complexity index is 1050. The van der Waals surface area contributed by atoms with Gasteiger partial charge >= 0.3 is 5.97 Å². The minimum atomic E-state index is -0.558. The maximum atomic E-state index is 12.8. The number of likely N-dealkylation sites (N-methyl/N-ethyl adjacent to an activating group) is 1. The minimum Gasteiger partial charge on any atom is -0.465 e. The number of benzene rings is 1. The fourth-order valence-electron chi connectivity index (χ4n) is 2.89. The zero-order valence-corrected chi connectivity index (χ0v) is 17.8. The zero-order valence-electron chi connectivity index (χ0n) is 16.3. The molecule has 3 aromatic rings. The van der Waals surface area contributed by atoms with Gasteiger partial charge in [-0.05, 0) is 37.7 Å². The number of rotatable bonds is 7. The number of esters is 1. The number of halogens is 1. The maximum absolute atomic E-state index is 12.8. The molecule has 0 aliphatic heterocycles. The first-order chi connectivity index (χ1) is 13.9. The fourth-order valence-corrected chi connectivity index (χ4v) is 4.01. The average molecular weight is 433 g/mol. The second-order valence-corrected chi connectivity index (χ2v) is 7.83. The molecule has 7 nitrogen and oxygen atoms in total. The highest BCUT2D eigenvalue weighted by Gasteiger charge is 2.19. The van der Waals surface area contributed by atoms with Gasteiger partial charge in [-0.15, -0.1) is 11.3 Å². The van der Waals surface area contributed by atoms with Crippen molar-refractivity contribution in [2.75, 3.05) is 33.1 Å². The second kappa shape index (κ2) is 9.21. The highest BCUT2D eigenvalue weighted by Crippen LogP contribution is 2.25. The van der Waals surface area contributed by atoms with Crippen LogP contribution in [0.15, 0.2) is 52.8 Å². The van der Waals surface area contributed by atoms with Crippen molar-refractivity contribution in [1.29, 1.82) is 0 Å². The van der Waals surface area contributed by atoms with Gasteiger partial charge in [0.2, 0.25) is 0 Å². The summed E-state index contributed by atoms with van der Waals surface area (Å²) in [5.41, 5.74) is 0.451. The molecule has 0 radical (unpaired) electrons. The van der Waals surface area contributed by atoms with Crippen molar-refractivity contribution in [2.24, 2.45) is 0 Å². The normalized spacial score (nSPS) is 12.0. The number of carbonyl (C=O) groups excluding carboxylic acids is 1. The maximum Gasteiger partial charge on any atom is 0.340 e. The van der Waals surface area contributed by atoms with Crippen LogP contribution in [0.5, 0.6) is 0 Å². The lowest BCUT2D eigenvalue weighted by Gasteiger charge is -2.24. The van der Waals surface area contributed by atoms with Crippen LogP contribution < -0.4 is 10.9 Å². The Kier molecular flexibility index (Phi) is 6.68. The van der Waals surface area contributed by atoms with Gasteiger partial charge in [-0.3, -0.25) is 4.79 Å². The van der Waals surface area contributed by atoms with E-state index in [1.165, 1.54) is 18.2 Å². The number of nitrogens with zero attached hydrogens (tertiary/aromatic N) is 3. The van der Waals surface area contributed by atoms with Crippen LogP contribution in [0.3, 0.4) is 0 Å². The summed E-state index contributed by atoms with van der Waals surface area (Å²) < 4.78 is 5.88. The van der Waals surface area contributed by atoms with E-state index in [0.29, 0.717) is 17.9 Å². The Morgan fingerprint density at radius 3 is 2.72 bits per heavy atom. The summed E-state index contributed by atoms with van der Waals surface area (Å²) in [4.78, 5) is 28.1. The van der Waals surface area contributed by atoms with Crippen molar-refractivity contribution in [3.05, 3.63) is 73.8 Å². The van der Waals surface area contributed by atoms with E-state index in [1.54, 1.807) is 35.6 Å². The topological polar surface area (TPSA) is 76.5 Å². The van der Waals surface area contributed by atoms with Gasteiger partial charge in [0, 0.05) is 11.4 Å². The summed E-state index contributed by atoms with van der Waals surface area (Å²) in [6.45, 7) is 0.553. The number of hydrogen-bond donors (Lipinski definition) is 1. The number of ether oxygens (including phenoxy) is 1. The molecular weight excluding hydrogens is 412 g/mol. The third kappa shape index (κ3) is 4.50. The van der Waals surface area contributed by atoms with Gasteiger partial charge in [-0.25, -0.2) is 4.79 Å². The number of aromatic nitrogens is 2. The molecule has 29 heavy (non-hydrogen) atoms. The molecular formula is C20H21ClN4O3S. The first-order valence-corrected chi connectivity index (χ1v) is 10.1. The third-order valence-electron chi connectivity index (χ3n) is 4.44. The molecule has 0 amide bonds. The lowest BCUT2D eigenvalue weighted by atomic mass is 10.2. The van der Waals surface area contributed by atoms with Gasteiger partial charge in [-0.2, -0.15) is 9.78 Å². The van der Waals surface area contributed by atoms with Crippen molar-refractivity contribution < 1.29 is 9.53 Å². The quantitative estimate of drug-likeness (QED) is 0.576. The van der Waals surface area contributed by atoms with E-state index in [1.807, 2.05) is 25.5 Å². The standard InChI is InChI=1S/C20H21ClN4O3S/c1-24(2)16(17-9-6-10-29-17)12-22-14-11-23-25(19(26)18(14)21)15-8-5-4-7-13(15)20(27)28-3/h4-11,16,22H,12H2,1-3H3/t16-/m0/s1. The van der Waals surface area contributed by atoms with Crippen molar-refractivity contribution in [2.45, 2.75) is 6.04 Å². The van der Waals surface area contributed by atoms with E-state index in [-0.39, 0.29) is 16.6 Å². The predicted octanol–water partition coefficient (Wildman–Crippen LogP) is 3.45. The van der Waals surface area contributed by atoms with Crippen molar-refractivity contribution >= 4 is 34.6 Å². The molecule has 0 spiro atoms. The summed E-state index contributed by atoms with van der Waals surface area (Å²) in [5.74, 6) is -0.558. The molecule has 0 bridgehead atoms. The van der Waals surface area contributed by atoms with Crippen molar-refractivity contribution in [1.82, 2.24) is 14.7 Å². The average Bonchev–Trinajstić information content (AvgIpc) is 3.25. The van der Waals surface area contributed by atoms with Gasteiger partial charge in [-0.1, -0.05) is 29.8 Å². The fraction of sp³-hybridized carbons (Fsp3) is 0.250. The van der Waals surface area contributed by atoms with Crippen LogP contribution >= 0.6 is 22.9 Å². The zero-order chi connectivity index (χ0) is 21.0. The van der Waals surface area contributed by atoms with Crippen LogP contribution in [0.2, 0.25) is 5.02 Å². The van der Waals surface area contributed by atoms with Crippen LogP contribution in [0.25, 0.3) is 5.69 Å². The van der Waals surface area contributed by atoms with Crippen LogP contribution in [0.1, 0.15) is 21.3 Å². The predicted molar refractivity (Wildman–Crippen MR) is 115 cm³/mol. The first-order valence-electron chi connectivity index (χ1n) is 8.83. The van der Waals surface area contributed by atoms with Crippen LogP contribution in [0, 0.1) is 0 Å². The number of methoxy groups -OCH3 is 1. The molecule has 0 saturated carbocycles. The molecule has 2 heterocycles. The molecule has 1 atom stereocenters. The van der Waals surface area contributed by atoms with E-state index in [9.17, 15) is 9.59 Å². The van der Waals surface area contributed by atoms with Crippen LogP contribution in [-0.2, 0) is 4.74 Å². The first kappa shape index (κ1) is 21.0. The number of anilines is 1. The lowest BCUT2D eigenvalue weighted by molar-refractivity contribution is 0.0600. The molecule has 2 aromatic heterocycles. The molecule has 0 aliphatic carbocycles. The molecule has 1 aromatic carbocycles. The van der Waals surface area contributed by atoms with Crippen LogP contribution in [0.4, 0.5) is 5.69 Å². The number of para-hydroxylation sites is 1. The molecule has 3 rings (SSSR count). The van der Waals surface area contributed by atoms with Gasteiger partial charge in [0.05, 0.1) is 36.3 Å². The summed E-state index contributed by atoms with van der Waals surface area (Å²) >= 11 is 8.01. The largest absolute Gasteiger partial charge is 0.465 e. The monoisotopic (exact) mass is 432 g/mol. The lowest BCUT2D eigenvalue weighted by Crippen LogP contribution is -2.28. The molecule has 0 fully saturated rings. The Balaban J connectivity index is 1.89. The third-order valence-corrected chi connectivity index (χ3v) is 5.78. The van der Waals surface area contributed by atoms with E-state index < -0.39 is 11.5 Å². The molecule has 0 unspecified atom stereocenters. The molecule has 0 aliphatic rings. The van der Waals surface area contributed by atoms with E-state index in [0.717, 1.165) is 4.68 Å². The molecule has 0 saturated heterocycles. The highest BCUT2D eigenvalue weighted by molar-refractivity contribution is 7.10. The Labute approximate surface area is 177 Å². The summed E-state index contributed by atoms with van der Waals surface area (Å²) in [6, 6.07) is 10.8. The summed E-state index contributed by atoms with van der Waals surface area (Å²) in [7, 11) is 5.27. The van der Waals surface area contributed by atoms with Gasteiger partial charge in [0.15, 0.2) is 0 Å². The molecule has 9 heteroatoms. The van der Waals surface area contributed by atoms with Gasteiger partial charge < -0.3 is 15.0 Å². The Morgan fingerprint density at radius 2 is 2.07 bits per heavy atom. The smallest absolute Gasteiger partial charge is 0.340 e. The summed E-state index contributed by atoms with van der Waals surface area (Å²) in [5, 5.41) is 9.46. The van der Waals surface area contributed by atoms with Crippen molar-refractivity contribution in [3.8, 4) is 5.69 Å². The second-order valence-electron chi connectivity index (χ2n) is 6.47. The molecule has 1 N–H and O–H groups in total. The molecule has 152 valence electrons. The number of carbonyl (C=O) groups is 1.